The summed E-state index contributed by atoms with van der Waals surface area (Å²) in [5.41, 5.74) is 1.10. The second-order valence-electron chi connectivity index (χ2n) is 7.17. The topological polar surface area (TPSA) is 66.5 Å². The summed E-state index contributed by atoms with van der Waals surface area (Å²) in [5, 5.41) is 6.46. The molecule has 0 spiro atoms. The molecule has 1 amide bonds. The van der Waals surface area contributed by atoms with Crippen LogP contribution in [-0.4, -0.2) is 50.3 Å². The summed E-state index contributed by atoms with van der Waals surface area (Å²) in [7, 11) is 0. The molecule has 0 aromatic carbocycles. The number of carbonyl (C=O) groups is 1. The number of aromatic nitrogens is 1. The Bertz CT molecular complexity index is 564. The minimum Gasteiger partial charge on any atom is -0.378 e. The molecule has 6 nitrogen and oxygen atoms in total. The van der Waals surface area contributed by atoms with Gasteiger partial charge in [0.25, 0.3) is 0 Å². The number of ether oxygens (including phenoxy) is 1. The van der Waals surface area contributed by atoms with Gasteiger partial charge in [0.1, 0.15) is 5.82 Å². The molecule has 27 heavy (non-hydrogen) atoms. The Kier molecular flexibility index (Phi) is 11.0. The zero-order chi connectivity index (χ0) is 17.5. The molecule has 8 heteroatoms. The maximum atomic E-state index is 12.3. The summed E-state index contributed by atoms with van der Waals surface area (Å²) >= 11 is 0. The average Bonchev–Trinajstić information content (AvgIpc) is 2.68. The third-order valence-electron chi connectivity index (χ3n) is 5.33. The van der Waals surface area contributed by atoms with Gasteiger partial charge in [-0.3, -0.25) is 4.79 Å². The third kappa shape index (κ3) is 7.45. The third-order valence-corrected chi connectivity index (χ3v) is 5.33. The molecule has 1 aromatic rings. The number of piperidine rings is 1. The summed E-state index contributed by atoms with van der Waals surface area (Å²) in [6, 6.07) is 4.04. The summed E-state index contributed by atoms with van der Waals surface area (Å²) in [6.45, 7) is 8.17. The SMILES string of the molecule is CC(CC(=O)NCc1ccnc(N2CCOCC2)c1)C1CCNCC1.Cl.Cl. The van der Waals surface area contributed by atoms with Crippen molar-refractivity contribution < 1.29 is 9.53 Å². The van der Waals surface area contributed by atoms with Crippen molar-refractivity contribution in [1.29, 1.82) is 0 Å². The maximum Gasteiger partial charge on any atom is 0.220 e. The van der Waals surface area contributed by atoms with Gasteiger partial charge in [0.05, 0.1) is 13.2 Å². The van der Waals surface area contributed by atoms with Crippen LogP contribution in [0.15, 0.2) is 18.3 Å². The second-order valence-corrected chi connectivity index (χ2v) is 7.17. The van der Waals surface area contributed by atoms with E-state index in [2.05, 4.69) is 33.5 Å². The van der Waals surface area contributed by atoms with Crippen molar-refractivity contribution in [1.82, 2.24) is 15.6 Å². The molecule has 1 unspecified atom stereocenters. The van der Waals surface area contributed by atoms with Crippen LogP contribution in [0.5, 0.6) is 0 Å². The van der Waals surface area contributed by atoms with Gasteiger partial charge in [0, 0.05) is 32.3 Å². The van der Waals surface area contributed by atoms with Gasteiger partial charge in [-0.15, -0.1) is 24.8 Å². The molecule has 2 saturated heterocycles. The number of amides is 1. The molecule has 2 fully saturated rings. The van der Waals surface area contributed by atoms with Crippen LogP contribution in [0.2, 0.25) is 0 Å². The van der Waals surface area contributed by atoms with E-state index in [1.165, 1.54) is 12.8 Å². The van der Waals surface area contributed by atoms with Crippen molar-refractivity contribution in [3.05, 3.63) is 23.9 Å². The predicted octanol–water partition coefficient (Wildman–Crippen LogP) is 2.40. The number of pyridine rings is 1. The van der Waals surface area contributed by atoms with Crippen LogP contribution in [0, 0.1) is 11.8 Å². The van der Waals surface area contributed by atoms with Gasteiger partial charge in [-0.1, -0.05) is 6.92 Å². The zero-order valence-electron chi connectivity index (χ0n) is 16.0. The number of carbonyl (C=O) groups excluding carboxylic acids is 1. The number of halogens is 2. The molecule has 0 bridgehead atoms. The molecule has 1 atom stereocenters. The number of hydrogen-bond acceptors (Lipinski definition) is 5. The molecule has 3 heterocycles. The van der Waals surface area contributed by atoms with E-state index in [1.54, 1.807) is 0 Å². The van der Waals surface area contributed by atoms with Gasteiger partial charge in [-0.2, -0.15) is 0 Å². The Balaban J connectivity index is 0.00000182. The molecule has 0 aliphatic carbocycles. The van der Waals surface area contributed by atoms with E-state index in [0.29, 0.717) is 24.8 Å². The van der Waals surface area contributed by atoms with Crippen molar-refractivity contribution >= 4 is 36.5 Å². The van der Waals surface area contributed by atoms with Gasteiger partial charge in [0.2, 0.25) is 5.91 Å². The average molecular weight is 419 g/mol. The molecule has 3 rings (SSSR count). The highest BCUT2D eigenvalue weighted by Gasteiger charge is 2.22. The lowest BCUT2D eigenvalue weighted by Gasteiger charge is -2.28. The molecule has 154 valence electrons. The van der Waals surface area contributed by atoms with Crippen molar-refractivity contribution in [3.63, 3.8) is 0 Å². The fraction of sp³-hybridized carbons (Fsp3) is 0.684. The smallest absolute Gasteiger partial charge is 0.220 e. The highest BCUT2D eigenvalue weighted by molar-refractivity contribution is 5.85. The normalized spacial score (nSPS) is 18.8. The largest absolute Gasteiger partial charge is 0.378 e. The van der Waals surface area contributed by atoms with Crippen LogP contribution in [0.25, 0.3) is 0 Å². The van der Waals surface area contributed by atoms with Gasteiger partial charge in [-0.25, -0.2) is 4.98 Å². The van der Waals surface area contributed by atoms with Gasteiger partial charge in [-0.05, 0) is 55.5 Å². The Hall–Kier alpha value is -1.08. The van der Waals surface area contributed by atoms with E-state index >= 15 is 0 Å². The molecule has 0 saturated carbocycles. The first kappa shape index (κ1) is 24.0. The lowest BCUT2D eigenvalue weighted by molar-refractivity contribution is -0.122. The van der Waals surface area contributed by atoms with Crippen molar-refractivity contribution in [3.8, 4) is 0 Å². The van der Waals surface area contributed by atoms with Crippen molar-refractivity contribution in [2.75, 3.05) is 44.3 Å². The van der Waals surface area contributed by atoms with Crippen LogP contribution in [-0.2, 0) is 16.1 Å². The molecular weight excluding hydrogens is 387 g/mol. The fourth-order valence-electron chi connectivity index (χ4n) is 3.68. The van der Waals surface area contributed by atoms with E-state index in [9.17, 15) is 4.79 Å². The molecule has 2 N–H and O–H groups in total. The number of hydrogen-bond donors (Lipinski definition) is 2. The van der Waals surface area contributed by atoms with E-state index in [0.717, 1.165) is 50.8 Å². The highest BCUT2D eigenvalue weighted by atomic mass is 35.5. The number of nitrogens with one attached hydrogen (secondary N) is 2. The maximum absolute atomic E-state index is 12.3. The zero-order valence-corrected chi connectivity index (χ0v) is 17.6. The number of rotatable bonds is 6. The minimum absolute atomic E-state index is 0. The first-order chi connectivity index (χ1) is 12.2. The Morgan fingerprint density at radius 1 is 1.33 bits per heavy atom. The van der Waals surface area contributed by atoms with E-state index in [1.807, 2.05) is 12.3 Å². The molecule has 2 aliphatic heterocycles. The first-order valence-electron chi connectivity index (χ1n) is 9.47. The molecule has 1 aromatic heterocycles. The lowest BCUT2D eigenvalue weighted by Crippen LogP contribution is -2.36. The molecule has 0 radical (unpaired) electrons. The van der Waals surface area contributed by atoms with Gasteiger partial charge >= 0.3 is 0 Å². The van der Waals surface area contributed by atoms with Crippen LogP contribution in [0.3, 0.4) is 0 Å². The van der Waals surface area contributed by atoms with Crippen LogP contribution < -0.4 is 15.5 Å². The van der Waals surface area contributed by atoms with Gasteiger partial charge in [0.15, 0.2) is 0 Å². The first-order valence-corrected chi connectivity index (χ1v) is 9.47. The highest BCUT2D eigenvalue weighted by Crippen LogP contribution is 2.24. The minimum atomic E-state index is 0. The summed E-state index contributed by atoms with van der Waals surface area (Å²) in [4.78, 5) is 19.0. The quantitative estimate of drug-likeness (QED) is 0.742. The lowest BCUT2D eigenvalue weighted by atomic mass is 9.84. The fourth-order valence-corrected chi connectivity index (χ4v) is 3.68. The Labute approximate surface area is 174 Å². The van der Waals surface area contributed by atoms with Crippen LogP contribution in [0.4, 0.5) is 5.82 Å². The van der Waals surface area contributed by atoms with Crippen LogP contribution in [0.1, 0.15) is 31.7 Å². The van der Waals surface area contributed by atoms with Gasteiger partial charge < -0.3 is 20.3 Å². The summed E-state index contributed by atoms with van der Waals surface area (Å²) in [5.74, 6) is 2.23. The Morgan fingerprint density at radius 3 is 2.74 bits per heavy atom. The summed E-state index contributed by atoms with van der Waals surface area (Å²) in [6.07, 6.45) is 4.80. The second kappa shape index (κ2) is 12.4. The molecule has 2 aliphatic rings. The monoisotopic (exact) mass is 418 g/mol. The number of morpholine rings is 1. The molecular formula is C19H32Cl2N4O2. The van der Waals surface area contributed by atoms with E-state index < -0.39 is 0 Å². The standard InChI is InChI=1S/C19H30N4O2.2ClH/c1-15(17-3-5-20-6-4-17)12-19(24)22-14-16-2-7-21-18(13-16)23-8-10-25-11-9-23;;/h2,7,13,15,17,20H,3-6,8-12,14H2,1H3,(H,22,24);2*1H. The number of nitrogens with zero attached hydrogens (tertiary/aromatic N) is 2. The predicted molar refractivity (Wildman–Crippen MR) is 113 cm³/mol. The van der Waals surface area contributed by atoms with E-state index in [-0.39, 0.29) is 30.7 Å². The van der Waals surface area contributed by atoms with E-state index in [4.69, 9.17) is 4.74 Å². The summed E-state index contributed by atoms with van der Waals surface area (Å²) < 4.78 is 5.39. The Morgan fingerprint density at radius 2 is 2.04 bits per heavy atom. The number of anilines is 1. The van der Waals surface area contributed by atoms with Crippen molar-refractivity contribution in [2.24, 2.45) is 11.8 Å². The van der Waals surface area contributed by atoms with Crippen molar-refractivity contribution in [2.45, 2.75) is 32.7 Å². The van der Waals surface area contributed by atoms with Crippen LogP contribution >= 0.6 is 24.8 Å².